The molecule has 1 aliphatic rings. The van der Waals surface area contributed by atoms with Crippen LogP contribution in [-0.2, 0) is 0 Å². The van der Waals surface area contributed by atoms with E-state index in [0.29, 0.717) is 0 Å². The molecule has 1 aromatic rings. The first-order valence-electron chi connectivity index (χ1n) is 6.01. The van der Waals surface area contributed by atoms with Crippen LogP contribution in [-0.4, -0.2) is 36.0 Å². The maximum absolute atomic E-state index is 10.7. The van der Waals surface area contributed by atoms with Gasteiger partial charge in [-0.1, -0.05) is 17.4 Å². The Bertz CT molecular complexity index is 427. The summed E-state index contributed by atoms with van der Waals surface area (Å²) in [5, 5.41) is 16.2. The van der Waals surface area contributed by atoms with E-state index in [1.807, 2.05) is 11.5 Å². The van der Waals surface area contributed by atoms with Gasteiger partial charge in [-0.3, -0.25) is 15.0 Å². The summed E-state index contributed by atoms with van der Waals surface area (Å²) in [6, 6.07) is 1.91. The van der Waals surface area contributed by atoms with E-state index < -0.39 is 0 Å². The number of nitrogens with zero attached hydrogens (tertiary/aromatic N) is 2. The second kappa shape index (κ2) is 6.08. The predicted molar refractivity (Wildman–Crippen MR) is 73.0 cm³/mol. The van der Waals surface area contributed by atoms with E-state index in [4.69, 9.17) is 0 Å². The maximum Gasteiger partial charge on any atom is 0.324 e. The number of nitro groups is 1. The largest absolute Gasteiger partial charge is 0.324 e. The number of piperazine rings is 1. The zero-order chi connectivity index (χ0) is 13.0. The molecule has 2 heterocycles. The molecule has 6 heteroatoms. The molecule has 0 radical (unpaired) electrons. The molecule has 1 atom stereocenters. The van der Waals surface area contributed by atoms with Crippen LogP contribution in [0.4, 0.5) is 5.00 Å². The van der Waals surface area contributed by atoms with Gasteiger partial charge < -0.3 is 5.32 Å². The van der Waals surface area contributed by atoms with Crippen molar-refractivity contribution in [3.8, 4) is 0 Å². The van der Waals surface area contributed by atoms with E-state index in [-0.39, 0.29) is 16.0 Å². The lowest BCUT2D eigenvalue weighted by atomic mass is 10.0. The lowest BCUT2D eigenvalue weighted by Gasteiger charge is -2.34. The molecule has 1 saturated heterocycles. The molecule has 2 rings (SSSR count). The minimum Gasteiger partial charge on any atom is -0.314 e. The van der Waals surface area contributed by atoms with Gasteiger partial charge in [0.1, 0.15) is 0 Å². The summed E-state index contributed by atoms with van der Waals surface area (Å²) < 4.78 is 0. The van der Waals surface area contributed by atoms with E-state index >= 15 is 0 Å². The molecule has 1 N–H and O–H groups in total. The van der Waals surface area contributed by atoms with E-state index in [0.717, 1.165) is 38.2 Å². The standard InChI is InChI=1S/C12H17N3O2S/c1-2-3-11(14-6-4-13-5-7-14)10-8-12(15(16)17)18-9-10/h2,8-9,11,13H,1,3-7H2/t11-/m1/s1. The summed E-state index contributed by atoms with van der Waals surface area (Å²) in [5.74, 6) is 0. The predicted octanol–water partition coefficient (Wildman–Crippen LogP) is 2.18. The molecule has 98 valence electrons. The first-order chi connectivity index (χ1) is 8.72. The molecule has 0 amide bonds. The molecular weight excluding hydrogens is 250 g/mol. The van der Waals surface area contributed by atoms with Crippen molar-refractivity contribution in [1.29, 1.82) is 0 Å². The smallest absolute Gasteiger partial charge is 0.314 e. The normalized spacial score (nSPS) is 18.4. The van der Waals surface area contributed by atoms with Gasteiger partial charge in [0.15, 0.2) is 0 Å². The highest BCUT2D eigenvalue weighted by Gasteiger charge is 2.23. The van der Waals surface area contributed by atoms with Crippen molar-refractivity contribution in [1.82, 2.24) is 10.2 Å². The molecule has 0 aliphatic carbocycles. The van der Waals surface area contributed by atoms with Gasteiger partial charge in [-0.25, -0.2) is 0 Å². The van der Waals surface area contributed by atoms with Crippen LogP contribution in [0.25, 0.3) is 0 Å². The van der Waals surface area contributed by atoms with Crippen molar-refractivity contribution < 1.29 is 4.92 Å². The summed E-state index contributed by atoms with van der Waals surface area (Å²) in [4.78, 5) is 12.8. The number of nitrogens with one attached hydrogen (secondary N) is 1. The Morgan fingerprint density at radius 3 is 2.89 bits per heavy atom. The van der Waals surface area contributed by atoms with Crippen LogP contribution in [0.1, 0.15) is 18.0 Å². The average Bonchev–Trinajstić information content (AvgIpc) is 2.86. The van der Waals surface area contributed by atoms with Crippen molar-refractivity contribution in [2.45, 2.75) is 12.5 Å². The van der Waals surface area contributed by atoms with Gasteiger partial charge in [-0.15, -0.1) is 6.58 Å². The van der Waals surface area contributed by atoms with Gasteiger partial charge in [-0.05, 0) is 12.0 Å². The fourth-order valence-electron chi connectivity index (χ4n) is 2.26. The summed E-state index contributed by atoms with van der Waals surface area (Å²) >= 11 is 1.20. The zero-order valence-corrected chi connectivity index (χ0v) is 11.0. The van der Waals surface area contributed by atoms with Crippen molar-refractivity contribution in [2.24, 2.45) is 0 Å². The second-order valence-corrected chi connectivity index (χ2v) is 5.19. The number of thiophene rings is 1. The van der Waals surface area contributed by atoms with Crippen molar-refractivity contribution >= 4 is 16.3 Å². The van der Waals surface area contributed by atoms with E-state index in [9.17, 15) is 10.1 Å². The van der Waals surface area contributed by atoms with Crippen LogP contribution in [0.15, 0.2) is 24.1 Å². The third-order valence-corrected chi connectivity index (χ3v) is 4.05. The van der Waals surface area contributed by atoms with Crippen molar-refractivity contribution in [3.63, 3.8) is 0 Å². The van der Waals surface area contributed by atoms with Gasteiger partial charge >= 0.3 is 5.00 Å². The number of rotatable bonds is 5. The highest BCUT2D eigenvalue weighted by molar-refractivity contribution is 7.13. The molecule has 1 aromatic heterocycles. The Morgan fingerprint density at radius 1 is 1.61 bits per heavy atom. The quantitative estimate of drug-likeness (QED) is 0.504. The van der Waals surface area contributed by atoms with Crippen LogP contribution in [0.5, 0.6) is 0 Å². The third kappa shape index (κ3) is 2.95. The Labute approximate surface area is 110 Å². The van der Waals surface area contributed by atoms with E-state index in [1.165, 1.54) is 11.3 Å². The van der Waals surface area contributed by atoms with Crippen molar-refractivity contribution in [2.75, 3.05) is 26.2 Å². The summed E-state index contributed by atoms with van der Waals surface area (Å²) in [6.07, 6.45) is 2.71. The molecule has 0 spiro atoms. The van der Waals surface area contributed by atoms with Crippen LogP contribution >= 0.6 is 11.3 Å². The molecule has 1 aliphatic heterocycles. The summed E-state index contributed by atoms with van der Waals surface area (Å²) in [6.45, 7) is 7.68. The molecule has 18 heavy (non-hydrogen) atoms. The summed E-state index contributed by atoms with van der Waals surface area (Å²) in [5.41, 5.74) is 1.04. The molecule has 5 nitrogen and oxygen atoms in total. The van der Waals surface area contributed by atoms with Gasteiger partial charge in [0, 0.05) is 43.7 Å². The van der Waals surface area contributed by atoms with E-state index in [1.54, 1.807) is 6.07 Å². The third-order valence-electron chi connectivity index (χ3n) is 3.15. The van der Waals surface area contributed by atoms with Crippen molar-refractivity contribution in [3.05, 3.63) is 39.8 Å². The van der Waals surface area contributed by atoms with Gasteiger partial charge in [-0.2, -0.15) is 0 Å². The molecule has 0 aromatic carbocycles. The first-order valence-corrected chi connectivity index (χ1v) is 6.89. The van der Waals surface area contributed by atoms with Crippen LogP contribution in [0, 0.1) is 10.1 Å². The second-order valence-electron chi connectivity index (χ2n) is 4.30. The Hall–Kier alpha value is -1.24. The highest BCUT2D eigenvalue weighted by Crippen LogP contribution is 2.32. The minimum absolute atomic E-state index is 0.217. The highest BCUT2D eigenvalue weighted by atomic mass is 32.1. The monoisotopic (exact) mass is 267 g/mol. The number of hydrogen-bond acceptors (Lipinski definition) is 5. The van der Waals surface area contributed by atoms with Gasteiger partial charge in [0.2, 0.25) is 0 Å². The lowest BCUT2D eigenvalue weighted by Crippen LogP contribution is -2.45. The van der Waals surface area contributed by atoms with Gasteiger partial charge in [0.25, 0.3) is 0 Å². The fourth-order valence-corrected chi connectivity index (χ4v) is 3.03. The maximum atomic E-state index is 10.7. The molecule has 1 fully saturated rings. The first kappa shape index (κ1) is 13.2. The minimum atomic E-state index is -0.323. The van der Waals surface area contributed by atoms with Crippen LogP contribution in [0.2, 0.25) is 0 Å². The SMILES string of the molecule is C=CC[C@H](c1csc([N+](=O)[O-])c1)N1CCNCC1. The zero-order valence-electron chi connectivity index (χ0n) is 10.2. The summed E-state index contributed by atoms with van der Waals surface area (Å²) in [7, 11) is 0. The Morgan fingerprint density at radius 2 is 2.33 bits per heavy atom. The average molecular weight is 267 g/mol. The van der Waals surface area contributed by atoms with Crippen LogP contribution < -0.4 is 5.32 Å². The fraction of sp³-hybridized carbons (Fsp3) is 0.500. The topological polar surface area (TPSA) is 58.4 Å². The lowest BCUT2D eigenvalue weighted by molar-refractivity contribution is -0.380. The Kier molecular flexibility index (Phi) is 4.46. The molecule has 0 unspecified atom stereocenters. The molecular formula is C12H17N3O2S. The van der Waals surface area contributed by atoms with Crippen LogP contribution in [0.3, 0.4) is 0 Å². The molecule has 0 bridgehead atoms. The molecule has 0 saturated carbocycles. The number of hydrogen-bond donors (Lipinski definition) is 1. The Balaban J connectivity index is 2.16. The van der Waals surface area contributed by atoms with E-state index in [2.05, 4.69) is 16.8 Å². The van der Waals surface area contributed by atoms with Gasteiger partial charge in [0.05, 0.1) is 4.92 Å².